The second-order valence-corrected chi connectivity index (χ2v) is 7.38. The smallest absolute Gasteiger partial charge is 0.314 e. The molecule has 3 aliphatic rings. The van der Waals surface area contributed by atoms with Crippen molar-refractivity contribution in [2.45, 2.75) is 24.7 Å². The number of hydrogen-bond acceptors (Lipinski definition) is 4. The van der Waals surface area contributed by atoms with Crippen LogP contribution in [0.25, 0.3) is 0 Å². The second-order valence-electron chi connectivity index (χ2n) is 7.38. The zero-order valence-electron chi connectivity index (χ0n) is 15.8. The molecule has 4 heteroatoms. The number of anilines is 1. The van der Waals surface area contributed by atoms with Crippen molar-refractivity contribution in [2.75, 3.05) is 5.06 Å². The first-order valence-corrected chi connectivity index (χ1v) is 9.87. The molecule has 2 aliphatic heterocycles. The van der Waals surface area contributed by atoms with Gasteiger partial charge in [-0.25, -0.2) is 5.06 Å². The van der Waals surface area contributed by atoms with Gasteiger partial charge >= 0.3 is 5.97 Å². The van der Waals surface area contributed by atoms with Gasteiger partial charge in [0.2, 0.25) is 0 Å². The van der Waals surface area contributed by atoms with Crippen molar-refractivity contribution >= 4 is 11.7 Å². The van der Waals surface area contributed by atoms with Gasteiger partial charge in [-0.1, -0.05) is 66.8 Å². The molecule has 2 aromatic rings. The molecule has 2 heterocycles. The fourth-order valence-corrected chi connectivity index (χ4v) is 4.24. The number of cyclic esters (lactones) is 1. The molecular formula is C25H21NO3. The molecule has 0 aromatic heterocycles. The van der Waals surface area contributed by atoms with Gasteiger partial charge in [-0.3, -0.25) is 9.63 Å². The van der Waals surface area contributed by atoms with Crippen LogP contribution in [0.5, 0.6) is 0 Å². The second kappa shape index (κ2) is 7.59. The molecule has 2 aromatic carbocycles. The number of fused-ring (bicyclic) bond motifs is 1. The molecule has 5 rings (SSSR count). The van der Waals surface area contributed by atoms with E-state index in [1.54, 1.807) is 0 Å². The van der Waals surface area contributed by atoms with Crippen molar-refractivity contribution in [1.29, 1.82) is 0 Å². The van der Waals surface area contributed by atoms with Crippen molar-refractivity contribution < 1.29 is 14.4 Å². The number of hydrogen-bond donors (Lipinski definition) is 0. The summed E-state index contributed by atoms with van der Waals surface area (Å²) in [4.78, 5) is 19.5. The van der Waals surface area contributed by atoms with Crippen LogP contribution in [0.15, 0.2) is 102 Å². The minimum Gasteiger partial charge on any atom is -0.457 e. The van der Waals surface area contributed by atoms with E-state index in [2.05, 4.69) is 5.73 Å². The average molecular weight is 383 g/mol. The number of allylic oxidation sites excluding steroid dienone is 3. The summed E-state index contributed by atoms with van der Waals surface area (Å²) in [5.41, 5.74) is 6.04. The monoisotopic (exact) mass is 383 g/mol. The van der Waals surface area contributed by atoms with E-state index in [9.17, 15) is 4.79 Å². The zero-order valence-corrected chi connectivity index (χ0v) is 15.8. The third kappa shape index (κ3) is 3.33. The lowest BCUT2D eigenvalue weighted by molar-refractivity contribution is -0.167. The summed E-state index contributed by atoms with van der Waals surface area (Å²) in [6, 6.07) is 19.5. The lowest BCUT2D eigenvalue weighted by Gasteiger charge is -2.31. The molecule has 1 aliphatic carbocycles. The van der Waals surface area contributed by atoms with E-state index in [1.165, 1.54) is 0 Å². The first-order valence-electron chi connectivity index (χ1n) is 9.87. The van der Waals surface area contributed by atoms with Crippen LogP contribution < -0.4 is 5.06 Å². The van der Waals surface area contributed by atoms with Crippen LogP contribution in [-0.2, 0) is 14.4 Å². The summed E-state index contributed by atoms with van der Waals surface area (Å²) in [5, 5.41) is 1.87. The van der Waals surface area contributed by atoms with Crippen molar-refractivity contribution in [3.05, 3.63) is 108 Å². The van der Waals surface area contributed by atoms with Gasteiger partial charge in [0.15, 0.2) is 0 Å². The van der Waals surface area contributed by atoms with E-state index in [0.29, 0.717) is 6.42 Å². The van der Waals surface area contributed by atoms with Gasteiger partial charge in [0.1, 0.15) is 18.1 Å². The normalized spacial score (nSPS) is 27.9. The van der Waals surface area contributed by atoms with Crippen LogP contribution in [0.2, 0.25) is 0 Å². The highest BCUT2D eigenvalue weighted by molar-refractivity contribution is 5.78. The van der Waals surface area contributed by atoms with Crippen LogP contribution in [0.4, 0.5) is 5.69 Å². The maximum Gasteiger partial charge on any atom is 0.314 e. The Labute approximate surface area is 170 Å². The Kier molecular flexibility index (Phi) is 4.65. The Bertz CT molecular complexity index is 1020. The number of esters is 1. The average Bonchev–Trinajstić information content (AvgIpc) is 2.95. The van der Waals surface area contributed by atoms with Crippen LogP contribution in [-0.4, -0.2) is 18.1 Å². The topological polar surface area (TPSA) is 38.8 Å². The van der Waals surface area contributed by atoms with E-state index in [-0.39, 0.29) is 24.2 Å². The number of hydroxylamine groups is 1. The number of para-hydroxylation sites is 1. The number of nitrogens with zero attached hydrogens (tertiary/aromatic N) is 1. The van der Waals surface area contributed by atoms with E-state index >= 15 is 0 Å². The van der Waals surface area contributed by atoms with Crippen LogP contribution in [0.1, 0.15) is 18.1 Å². The summed E-state index contributed by atoms with van der Waals surface area (Å²) < 4.78 is 5.89. The largest absolute Gasteiger partial charge is 0.457 e. The van der Waals surface area contributed by atoms with Crippen LogP contribution in [0.3, 0.4) is 0 Å². The molecule has 0 bridgehead atoms. The molecular weight excluding hydrogens is 362 g/mol. The molecule has 4 nitrogen and oxygen atoms in total. The first kappa shape index (κ1) is 17.7. The number of carbonyl (C=O) groups is 1. The SMILES string of the molecule is O=C1OC(c2ccccc2)CC2ON(c3ccccc3)C(C3=CC=CC=C=C3)C12. The highest BCUT2D eigenvalue weighted by atomic mass is 16.7. The Hall–Kier alpha value is -3.33. The Morgan fingerprint density at radius 3 is 2.52 bits per heavy atom. The van der Waals surface area contributed by atoms with E-state index in [4.69, 9.17) is 9.57 Å². The molecule has 0 amide bonds. The molecule has 0 saturated carbocycles. The number of rotatable bonds is 3. The predicted molar refractivity (Wildman–Crippen MR) is 111 cm³/mol. The van der Waals surface area contributed by atoms with E-state index in [0.717, 1.165) is 16.8 Å². The van der Waals surface area contributed by atoms with Gasteiger partial charge in [0.05, 0.1) is 11.7 Å². The van der Waals surface area contributed by atoms with Crippen molar-refractivity contribution in [1.82, 2.24) is 0 Å². The molecule has 144 valence electrons. The third-order valence-corrected chi connectivity index (χ3v) is 5.59. The lowest BCUT2D eigenvalue weighted by atomic mass is 9.83. The summed E-state index contributed by atoms with van der Waals surface area (Å²) >= 11 is 0. The summed E-state index contributed by atoms with van der Waals surface area (Å²) in [6.07, 6.45) is 9.76. The molecule has 0 spiro atoms. The summed E-state index contributed by atoms with van der Waals surface area (Å²) in [7, 11) is 0. The lowest BCUT2D eigenvalue weighted by Crippen LogP contribution is -2.42. The Morgan fingerprint density at radius 2 is 1.72 bits per heavy atom. The van der Waals surface area contributed by atoms with Gasteiger partial charge in [-0.15, -0.1) is 5.73 Å². The zero-order chi connectivity index (χ0) is 19.6. The molecule has 0 N–H and O–H groups in total. The molecule has 29 heavy (non-hydrogen) atoms. The minimum atomic E-state index is -0.397. The molecule has 0 radical (unpaired) electrons. The maximum absolute atomic E-state index is 13.2. The number of benzene rings is 2. The molecule has 2 fully saturated rings. The van der Waals surface area contributed by atoms with Crippen molar-refractivity contribution in [3.8, 4) is 0 Å². The molecule has 4 unspecified atom stereocenters. The molecule has 4 atom stereocenters. The Morgan fingerprint density at radius 1 is 0.966 bits per heavy atom. The fourth-order valence-electron chi connectivity index (χ4n) is 4.24. The third-order valence-electron chi connectivity index (χ3n) is 5.59. The van der Waals surface area contributed by atoms with Gasteiger partial charge in [0, 0.05) is 6.42 Å². The van der Waals surface area contributed by atoms with Gasteiger partial charge in [0.25, 0.3) is 0 Å². The summed E-state index contributed by atoms with van der Waals surface area (Å²) in [5.74, 6) is -0.615. The fraction of sp³-hybridized carbons (Fsp3) is 0.200. The van der Waals surface area contributed by atoms with E-state index < -0.39 is 5.92 Å². The number of carbonyl (C=O) groups excluding carboxylic acids is 1. The standard InChI is InChI=1S/C25H21NO3/c27-25-23-22(17-21(28-25)18-11-7-3-8-12-18)29-26(20-15-9-4-10-16-20)24(23)19-13-5-1-2-6-14-19/h1-5,7-16,21-24H,17H2. The van der Waals surface area contributed by atoms with E-state index in [1.807, 2.05) is 96.1 Å². The maximum atomic E-state index is 13.2. The Balaban J connectivity index is 1.52. The van der Waals surface area contributed by atoms with Crippen LogP contribution in [0, 0.1) is 5.92 Å². The van der Waals surface area contributed by atoms with Crippen molar-refractivity contribution in [3.63, 3.8) is 0 Å². The highest BCUT2D eigenvalue weighted by Crippen LogP contribution is 2.44. The quantitative estimate of drug-likeness (QED) is 0.570. The first-order chi connectivity index (χ1) is 14.3. The van der Waals surface area contributed by atoms with Gasteiger partial charge in [-0.2, -0.15) is 0 Å². The minimum absolute atomic E-state index is 0.218. The van der Waals surface area contributed by atoms with Gasteiger partial charge < -0.3 is 4.74 Å². The predicted octanol–water partition coefficient (Wildman–Crippen LogP) is 4.69. The highest BCUT2D eigenvalue weighted by Gasteiger charge is 2.53. The summed E-state index contributed by atoms with van der Waals surface area (Å²) in [6.45, 7) is 0. The molecule has 2 saturated heterocycles. The van der Waals surface area contributed by atoms with Crippen LogP contribution >= 0.6 is 0 Å². The number of ether oxygens (including phenoxy) is 1. The van der Waals surface area contributed by atoms with Crippen molar-refractivity contribution in [2.24, 2.45) is 5.92 Å². The van der Waals surface area contributed by atoms with Gasteiger partial charge in [-0.05, 0) is 35.4 Å².